The number of hydrogen-bond acceptors (Lipinski definition) is 5. The minimum atomic E-state index is -3.48. The van der Waals surface area contributed by atoms with Crippen molar-refractivity contribution < 1.29 is 17.9 Å². The second-order valence-electron chi connectivity index (χ2n) is 4.42. The fourth-order valence-corrected chi connectivity index (χ4v) is 2.81. The van der Waals surface area contributed by atoms with Crippen molar-refractivity contribution in [3.05, 3.63) is 53.2 Å². The van der Waals surface area contributed by atoms with Crippen molar-refractivity contribution in [1.29, 1.82) is 0 Å². The van der Waals surface area contributed by atoms with Crippen LogP contribution in [0.4, 0.5) is 0 Å². The fraction of sp³-hybridized carbons (Fsp3) is 0.308. The van der Waals surface area contributed by atoms with Gasteiger partial charge in [0.05, 0.1) is 25.1 Å². The van der Waals surface area contributed by atoms with Crippen LogP contribution in [0.2, 0.25) is 0 Å². The van der Waals surface area contributed by atoms with Crippen molar-refractivity contribution in [2.24, 2.45) is 0 Å². The summed E-state index contributed by atoms with van der Waals surface area (Å²) in [6.45, 7) is 1.65. The molecule has 1 heterocycles. The molecule has 0 aliphatic heterocycles. The SMILES string of the molecule is Cc1cnc(CNS(=O)(=O)Cc2cccc(CO)c2)o1. The number of aromatic nitrogens is 1. The van der Waals surface area contributed by atoms with E-state index in [1.54, 1.807) is 31.2 Å². The van der Waals surface area contributed by atoms with Gasteiger partial charge in [0.15, 0.2) is 0 Å². The van der Waals surface area contributed by atoms with Gasteiger partial charge in [0, 0.05) is 0 Å². The van der Waals surface area contributed by atoms with E-state index in [1.807, 2.05) is 0 Å². The molecule has 2 aromatic rings. The Morgan fingerprint density at radius 1 is 1.35 bits per heavy atom. The lowest BCUT2D eigenvalue weighted by atomic mass is 10.1. The van der Waals surface area contributed by atoms with Crippen LogP contribution >= 0.6 is 0 Å². The summed E-state index contributed by atoms with van der Waals surface area (Å²) in [7, 11) is -3.48. The normalized spacial score (nSPS) is 11.7. The molecule has 0 saturated heterocycles. The molecule has 1 aromatic heterocycles. The van der Waals surface area contributed by atoms with Crippen LogP contribution in [0.3, 0.4) is 0 Å². The van der Waals surface area contributed by atoms with Gasteiger partial charge in [-0.3, -0.25) is 0 Å². The van der Waals surface area contributed by atoms with Crippen LogP contribution in [0.1, 0.15) is 22.8 Å². The number of aliphatic hydroxyl groups excluding tert-OH is 1. The molecule has 0 aliphatic rings. The highest BCUT2D eigenvalue weighted by Gasteiger charge is 2.13. The first-order valence-electron chi connectivity index (χ1n) is 6.06. The summed E-state index contributed by atoms with van der Waals surface area (Å²) in [4.78, 5) is 3.93. The van der Waals surface area contributed by atoms with Crippen molar-refractivity contribution in [2.75, 3.05) is 0 Å². The van der Waals surface area contributed by atoms with E-state index < -0.39 is 10.0 Å². The fourth-order valence-electron chi connectivity index (χ4n) is 1.74. The molecule has 0 bridgehead atoms. The Labute approximate surface area is 117 Å². The molecule has 2 N–H and O–H groups in total. The Hall–Kier alpha value is -1.70. The number of oxazole rings is 1. The molecule has 0 fully saturated rings. The summed E-state index contributed by atoms with van der Waals surface area (Å²) >= 11 is 0. The molecule has 0 radical (unpaired) electrons. The van der Waals surface area contributed by atoms with Crippen LogP contribution in [0, 0.1) is 6.92 Å². The van der Waals surface area contributed by atoms with Crippen LogP contribution in [0.25, 0.3) is 0 Å². The first-order valence-corrected chi connectivity index (χ1v) is 7.71. The van der Waals surface area contributed by atoms with E-state index in [4.69, 9.17) is 9.52 Å². The monoisotopic (exact) mass is 296 g/mol. The zero-order valence-corrected chi connectivity index (χ0v) is 11.9. The van der Waals surface area contributed by atoms with E-state index in [1.165, 1.54) is 6.20 Å². The van der Waals surface area contributed by atoms with Gasteiger partial charge in [-0.25, -0.2) is 18.1 Å². The number of benzene rings is 1. The van der Waals surface area contributed by atoms with Crippen LogP contribution in [0.15, 0.2) is 34.9 Å². The predicted octanol–water partition coefficient (Wildman–Crippen LogP) is 1.09. The van der Waals surface area contributed by atoms with E-state index in [0.29, 0.717) is 22.8 Å². The minimum absolute atomic E-state index is 0.0237. The lowest BCUT2D eigenvalue weighted by molar-refractivity contribution is 0.282. The molecule has 0 atom stereocenters. The van der Waals surface area contributed by atoms with Crippen molar-refractivity contribution in [3.63, 3.8) is 0 Å². The number of nitrogens with zero attached hydrogens (tertiary/aromatic N) is 1. The summed E-state index contributed by atoms with van der Waals surface area (Å²) in [5.41, 5.74) is 1.30. The second kappa shape index (κ2) is 6.17. The first kappa shape index (κ1) is 14.7. The molecule has 20 heavy (non-hydrogen) atoms. The minimum Gasteiger partial charge on any atom is -0.445 e. The number of hydrogen-bond donors (Lipinski definition) is 2. The molecule has 1 aromatic carbocycles. The smallest absolute Gasteiger partial charge is 0.216 e. The third kappa shape index (κ3) is 4.16. The Morgan fingerprint density at radius 2 is 2.10 bits per heavy atom. The quantitative estimate of drug-likeness (QED) is 0.832. The van der Waals surface area contributed by atoms with Gasteiger partial charge in [-0.15, -0.1) is 0 Å². The van der Waals surface area contributed by atoms with E-state index >= 15 is 0 Å². The zero-order valence-electron chi connectivity index (χ0n) is 11.0. The number of sulfonamides is 1. The summed E-state index contributed by atoms with van der Waals surface area (Å²) in [5, 5.41) is 9.03. The molecule has 0 spiro atoms. The van der Waals surface area contributed by atoms with Gasteiger partial charge in [-0.1, -0.05) is 24.3 Å². The molecule has 0 amide bonds. The Balaban J connectivity index is 1.99. The number of aliphatic hydroxyl groups is 1. The van der Waals surface area contributed by atoms with Crippen molar-refractivity contribution in [3.8, 4) is 0 Å². The van der Waals surface area contributed by atoms with Gasteiger partial charge in [0.1, 0.15) is 5.76 Å². The van der Waals surface area contributed by atoms with E-state index in [0.717, 1.165) is 0 Å². The molecular weight excluding hydrogens is 280 g/mol. The highest BCUT2D eigenvalue weighted by Crippen LogP contribution is 2.09. The molecule has 0 unspecified atom stereocenters. The van der Waals surface area contributed by atoms with Gasteiger partial charge >= 0.3 is 0 Å². The topological polar surface area (TPSA) is 92.4 Å². The number of nitrogens with one attached hydrogen (secondary N) is 1. The Morgan fingerprint density at radius 3 is 2.75 bits per heavy atom. The van der Waals surface area contributed by atoms with E-state index in [9.17, 15) is 8.42 Å². The lowest BCUT2D eigenvalue weighted by Crippen LogP contribution is -2.24. The third-order valence-corrected chi connectivity index (χ3v) is 3.94. The third-order valence-electron chi connectivity index (χ3n) is 2.64. The summed E-state index contributed by atoms with van der Waals surface area (Å²) in [6, 6.07) is 6.81. The predicted molar refractivity (Wildman–Crippen MR) is 73.1 cm³/mol. The van der Waals surface area contributed by atoms with Crippen molar-refractivity contribution >= 4 is 10.0 Å². The molecule has 0 aliphatic carbocycles. The molecule has 108 valence electrons. The highest BCUT2D eigenvalue weighted by atomic mass is 32.2. The molecular formula is C13H16N2O4S. The van der Waals surface area contributed by atoms with Crippen LogP contribution in [0.5, 0.6) is 0 Å². The second-order valence-corrected chi connectivity index (χ2v) is 6.23. The van der Waals surface area contributed by atoms with Crippen LogP contribution in [-0.4, -0.2) is 18.5 Å². The zero-order chi connectivity index (χ0) is 14.6. The molecule has 6 nitrogen and oxygen atoms in total. The van der Waals surface area contributed by atoms with Crippen molar-refractivity contribution in [1.82, 2.24) is 9.71 Å². The summed E-state index contributed by atoms with van der Waals surface area (Å²) in [5.74, 6) is 0.811. The maximum atomic E-state index is 11.9. The van der Waals surface area contributed by atoms with Gasteiger partial charge in [0.2, 0.25) is 15.9 Å². The van der Waals surface area contributed by atoms with Crippen molar-refractivity contribution in [2.45, 2.75) is 25.8 Å². The van der Waals surface area contributed by atoms with E-state index in [-0.39, 0.29) is 18.9 Å². The average molecular weight is 296 g/mol. The van der Waals surface area contributed by atoms with Gasteiger partial charge in [-0.05, 0) is 18.1 Å². The Kier molecular flexibility index (Phi) is 4.53. The van der Waals surface area contributed by atoms with Gasteiger partial charge in [-0.2, -0.15) is 0 Å². The molecule has 7 heteroatoms. The van der Waals surface area contributed by atoms with Gasteiger partial charge < -0.3 is 9.52 Å². The summed E-state index contributed by atoms with van der Waals surface area (Å²) < 4.78 is 31.5. The number of aryl methyl sites for hydroxylation is 1. The lowest BCUT2D eigenvalue weighted by Gasteiger charge is -2.06. The molecule has 0 saturated carbocycles. The molecule has 2 rings (SSSR count). The largest absolute Gasteiger partial charge is 0.445 e. The highest BCUT2D eigenvalue weighted by molar-refractivity contribution is 7.88. The summed E-state index contributed by atoms with van der Waals surface area (Å²) in [6.07, 6.45) is 1.54. The Bertz CT molecular complexity index is 679. The van der Waals surface area contributed by atoms with Crippen LogP contribution < -0.4 is 4.72 Å². The van der Waals surface area contributed by atoms with Gasteiger partial charge in [0.25, 0.3) is 0 Å². The first-order chi connectivity index (χ1) is 9.48. The maximum Gasteiger partial charge on any atom is 0.216 e. The van der Waals surface area contributed by atoms with E-state index in [2.05, 4.69) is 9.71 Å². The maximum absolute atomic E-state index is 11.9. The van der Waals surface area contributed by atoms with Crippen LogP contribution in [-0.2, 0) is 28.9 Å². The average Bonchev–Trinajstić information content (AvgIpc) is 2.82. The number of rotatable bonds is 6. The standard InChI is InChI=1S/C13H16N2O4S/c1-10-6-14-13(19-10)7-15-20(17,18)9-12-4-2-3-11(5-12)8-16/h2-6,15-16H,7-9H2,1H3.